The number of H-pyrrole nitrogens is 1. The van der Waals surface area contributed by atoms with E-state index in [1.54, 1.807) is 12.3 Å². The molecule has 0 saturated carbocycles. The van der Waals surface area contributed by atoms with E-state index in [9.17, 15) is 0 Å². The van der Waals surface area contributed by atoms with E-state index in [1.807, 2.05) is 19.9 Å². The molecule has 0 unspecified atom stereocenters. The van der Waals surface area contributed by atoms with Gasteiger partial charge in [0, 0.05) is 23.5 Å². The summed E-state index contributed by atoms with van der Waals surface area (Å²) in [5, 5.41) is 18.7. The fraction of sp³-hybridized carbons (Fsp3) is 0.273. The third kappa shape index (κ3) is 2.58. The minimum Gasteiger partial charge on any atom is -0.350 e. The maximum atomic E-state index is 8.80. The van der Waals surface area contributed by atoms with Crippen molar-refractivity contribution in [2.24, 2.45) is 0 Å². The van der Waals surface area contributed by atoms with Crippen molar-refractivity contribution >= 4 is 5.95 Å². The number of aryl methyl sites for hydroxylation is 2. The Labute approximate surface area is 98.7 Å². The molecule has 0 saturated heterocycles. The summed E-state index contributed by atoms with van der Waals surface area (Å²) in [6, 6.07) is 3.65. The van der Waals surface area contributed by atoms with Crippen molar-refractivity contribution in [1.82, 2.24) is 20.2 Å². The molecule has 0 radical (unpaired) electrons. The molecule has 0 aliphatic rings. The first-order chi connectivity index (χ1) is 8.19. The third-order valence-electron chi connectivity index (χ3n) is 2.34. The van der Waals surface area contributed by atoms with Crippen LogP contribution in [-0.4, -0.2) is 20.2 Å². The van der Waals surface area contributed by atoms with Crippen LogP contribution in [0.2, 0.25) is 0 Å². The zero-order valence-electron chi connectivity index (χ0n) is 9.65. The molecule has 0 atom stereocenters. The van der Waals surface area contributed by atoms with E-state index < -0.39 is 0 Å². The van der Waals surface area contributed by atoms with Crippen LogP contribution in [0.15, 0.2) is 12.3 Å². The van der Waals surface area contributed by atoms with Gasteiger partial charge in [-0.3, -0.25) is 5.10 Å². The summed E-state index contributed by atoms with van der Waals surface area (Å²) in [6.45, 7) is 4.36. The average Bonchev–Trinajstić information content (AvgIpc) is 2.71. The molecule has 6 heteroatoms. The zero-order chi connectivity index (χ0) is 12.3. The van der Waals surface area contributed by atoms with Crippen molar-refractivity contribution < 1.29 is 0 Å². The molecule has 0 amide bonds. The van der Waals surface area contributed by atoms with Crippen LogP contribution < -0.4 is 5.32 Å². The number of aromatic nitrogens is 4. The van der Waals surface area contributed by atoms with Gasteiger partial charge in [-0.2, -0.15) is 10.4 Å². The molecule has 0 bridgehead atoms. The lowest BCUT2D eigenvalue weighted by atomic mass is 10.3. The highest BCUT2D eigenvalue weighted by Gasteiger charge is 2.03. The topological polar surface area (TPSA) is 90.3 Å². The van der Waals surface area contributed by atoms with Gasteiger partial charge < -0.3 is 5.32 Å². The fourth-order valence-electron chi connectivity index (χ4n) is 1.43. The zero-order valence-corrected chi connectivity index (χ0v) is 9.65. The normalized spacial score (nSPS) is 9.94. The highest BCUT2D eigenvalue weighted by Crippen LogP contribution is 2.08. The standard InChI is InChI=1S/C11H12N6/c1-7-3-10(4-12)16-11(15-7)13-5-9-6-14-17-8(9)2/h3,6H,5H2,1-2H3,(H,14,17)(H,13,15,16). The number of nitrogens with one attached hydrogen (secondary N) is 2. The van der Waals surface area contributed by atoms with Gasteiger partial charge in [0.1, 0.15) is 11.8 Å². The van der Waals surface area contributed by atoms with Crippen LogP contribution in [0.25, 0.3) is 0 Å². The third-order valence-corrected chi connectivity index (χ3v) is 2.34. The van der Waals surface area contributed by atoms with Crippen molar-refractivity contribution in [1.29, 1.82) is 5.26 Å². The highest BCUT2D eigenvalue weighted by molar-refractivity contribution is 5.34. The molecule has 0 fully saturated rings. The van der Waals surface area contributed by atoms with Crippen molar-refractivity contribution in [3.8, 4) is 6.07 Å². The SMILES string of the molecule is Cc1cc(C#N)nc(NCc2cn[nH]c2C)n1. The maximum Gasteiger partial charge on any atom is 0.224 e. The summed E-state index contributed by atoms with van der Waals surface area (Å²) in [5.41, 5.74) is 3.19. The van der Waals surface area contributed by atoms with Crippen LogP contribution in [-0.2, 0) is 6.54 Å². The van der Waals surface area contributed by atoms with Crippen LogP contribution in [0.1, 0.15) is 22.6 Å². The minimum absolute atomic E-state index is 0.365. The lowest BCUT2D eigenvalue weighted by Gasteiger charge is -2.04. The van der Waals surface area contributed by atoms with Crippen LogP contribution in [0.4, 0.5) is 5.95 Å². The summed E-state index contributed by atoms with van der Waals surface area (Å²) in [7, 11) is 0. The quantitative estimate of drug-likeness (QED) is 0.826. The Kier molecular flexibility index (Phi) is 3.01. The number of hydrogen-bond donors (Lipinski definition) is 2. The molecule has 2 N–H and O–H groups in total. The van der Waals surface area contributed by atoms with Crippen LogP contribution in [0.5, 0.6) is 0 Å². The number of nitrogens with zero attached hydrogens (tertiary/aromatic N) is 4. The Morgan fingerprint density at radius 2 is 2.24 bits per heavy atom. The molecule has 86 valence electrons. The van der Waals surface area contributed by atoms with Crippen LogP contribution >= 0.6 is 0 Å². The first kappa shape index (κ1) is 11.1. The molecule has 6 nitrogen and oxygen atoms in total. The van der Waals surface area contributed by atoms with Crippen molar-refractivity contribution in [3.05, 3.63) is 34.9 Å². The smallest absolute Gasteiger partial charge is 0.224 e. The predicted molar refractivity (Wildman–Crippen MR) is 62.1 cm³/mol. The summed E-state index contributed by atoms with van der Waals surface area (Å²) in [5.74, 6) is 0.460. The molecule has 0 aliphatic carbocycles. The monoisotopic (exact) mass is 228 g/mol. The summed E-state index contributed by atoms with van der Waals surface area (Å²) in [6.07, 6.45) is 1.75. The number of aromatic amines is 1. The maximum absolute atomic E-state index is 8.80. The summed E-state index contributed by atoms with van der Waals surface area (Å²) >= 11 is 0. The molecule has 2 rings (SSSR count). The molecule has 2 aromatic heterocycles. The van der Waals surface area contributed by atoms with E-state index in [0.717, 1.165) is 17.0 Å². The number of hydrogen-bond acceptors (Lipinski definition) is 5. The first-order valence-corrected chi connectivity index (χ1v) is 5.17. The Morgan fingerprint density at radius 3 is 2.88 bits per heavy atom. The largest absolute Gasteiger partial charge is 0.350 e. The number of rotatable bonds is 3. The minimum atomic E-state index is 0.365. The first-order valence-electron chi connectivity index (χ1n) is 5.17. The summed E-state index contributed by atoms with van der Waals surface area (Å²) in [4.78, 5) is 8.27. The van der Waals surface area contributed by atoms with Gasteiger partial charge in [-0.25, -0.2) is 9.97 Å². The van der Waals surface area contributed by atoms with Crippen molar-refractivity contribution in [2.75, 3.05) is 5.32 Å². The van der Waals surface area contributed by atoms with Gasteiger partial charge in [-0.1, -0.05) is 0 Å². The Balaban J connectivity index is 2.12. The highest BCUT2D eigenvalue weighted by atomic mass is 15.1. The van der Waals surface area contributed by atoms with Crippen LogP contribution in [0, 0.1) is 25.2 Å². The van der Waals surface area contributed by atoms with Gasteiger partial charge in [0.2, 0.25) is 5.95 Å². The number of nitriles is 1. The molecule has 0 spiro atoms. The molecule has 0 aromatic carbocycles. The van der Waals surface area contributed by atoms with Gasteiger partial charge in [0.25, 0.3) is 0 Å². The second-order valence-electron chi connectivity index (χ2n) is 3.70. The Hall–Kier alpha value is -2.42. The second kappa shape index (κ2) is 4.61. The lowest BCUT2D eigenvalue weighted by Crippen LogP contribution is -2.05. The Bertz CT molecular complexity index is 566. The molecular weight excluding hydrogens is 216 g/mol. The average molecular weight is 228 g/mol. The molecule has 17 heavy (non-hydrogen) atoms. The van der Waals surface area contributed by atoms with Gasteiger partial charge in [0.05, 0.1) is 6.20 Å². The summed E-state index contributed by atoms with van der Waals surface area (Å²) < 4.78 is 0. The fourth-order valence-corrected chi connectivity index (χ4v) is 1.43. The van der Waals surface area contributed by atoms with Gasteiger partial charge in [-0.15, -0.1) is 0 Å². The molecule has 2 aromatic rings. The van der Waals surface area contributed by atoms with Gasteiger partial charge in [0.15, 0.2) is 0 Å². The molecule has 0 aliphatic heterocycles. The van der Waals surface area contributed by atoms with E-state index in [1.165, 1.54) is 0 Å². The van der Waals surface area contributed by atoms with Gasteiger partial charge >= 0.3 is 0 Å². The lowest BCUT2D eigenvalue weighted by molar-refractivity contribution is 1.01. The number of anilines is 1. The van der Waals surface area contributed by atoms with E-state index >= 15 is 0 Å². The predicted octanol–water partition coefficient (Wildman–Crippen LogP) is 1.30. The van der Waals surface area contributed by atoms with E-state index in [2.05, 4.69) is 25.5 Å². The van der Waals surface area contributed by atoms with Crippen molar-refractivity contribution in [3.63, 3.8) is 0 Å². The van der Waals surface area contributed by atoms with E-state index in [-0.39, 0.29) is 0 Å². The van der Waals surface area contributed by atoms with E-state index in [4.69, 9.17) is 5.26 Å². The Morgan fingerprint density at radius 1 is 1.41 bits per heavy atom. The second-order valence-corrected chi connectivity index (χ2v) is 3.70. The van der Waals surface area contributed by atoms with Crippen molar-refractivity contribution in [2.45, 2.75) is 20.4 Å². The molecule has 2 heterocycles. The molecular formula is C11H12N6. The van der Waals surface area contributed by atoms with Crippen LogP contribution in [0.3, 0.4) is 0 Å². The van der Waals surface area contributed by atoms with Gasteiger partial charge in [-0.05, 0) is 19.9 Å². The van der Waals surface area contributed by atoms with E-state index in [0.29, 0.717) is 18.2 Å².